The number of hydrogen-bond donors (Lipinski definition) is 2. The second-order valence-corrected chi connectivity index (χ2v) is 6.13. The molecule has 3 aromatic rings. The average Bonchev–Trinajstić information content (AvgIpc) is 3.46. The minimum absolute atomic E-state index is 0.0423. The number of pyridine rings is 1. The minimum atomic E-state index is -0.940. The van der Waals surface area contributed by atoms with Crippen molar-refractivity contribution in [3.63, 3.8) is 0 Å². The summed E-state index contributed by atoms with van der Waals surface area (Å²) in [5.41, 5.74) is 7.08. The number of nitrogens with two attached hydrogens (primary N) is 1. The highest BCUT2D eigenvalue weighted by Crippen LogP contribution is 2.39. The molecule has 3 N–H and O–H groups in total. The summed E-state index contributed by atoms with van der Waals surface area (Å²) >= 11 is 0. The lowest BCUT2D eigenvalue weighted by atomic mass is 10.0. The molecular weight excluding hydrogens is 319 g/mol. The van der Waals surface area contributed by atoms with Gasteiger partial charge >= 0.3 is 5.97 Å². The van der Waals surface area contributed by atoms with Crippen LogP contribution in [0.1, 0.15) is 34.8 Å². The van der Waals surface area contributed by atoms with Crippen molar-refractivity contribution < 1.29 is 14.3 Å². The fraction of sp³-hybridized carbons (Fsp3) is 0.200. The van der Waals surface area contributed by atoms with Crippen molar-refractivity contribution in [1.29, 1.82) is 0 Å². The van der Waals surface area contributed by atoms with Crippen LogP contribution in [0.5, 0.6) is 0 Å². The first-order valence-electron chi connectivity index (χ1n) is 8.13. The molecule has 1 aliphatic carbocycles. The van der Waals surface area contributed by atoms with Gasteiger partial charge in [0.2, 0.25) is 0 Å². The van der Waals surface area contributed by atoms with Crippen molar-refractivity contribution in [3.05, 3.63) is 77.9 Å². The van der Waals surface area contributed by atoms with Crippen LogP contribution in [0, 0.1) is 11.7 Å². The molecule has 0 amide bonds. The number of halogens is 1. The van der Waals surface area contributed by atoms with Gasteiger partial charge in [0, 0.05) is 23.8 Å². The van der Waals surface area contributed by atoms with Gasteiger partial charge in [-0.2, -0.15) is 0 Å². The van der Waals surface area contributed by atoms with Crippen LogP contribution in [0.15, 0.2) is 60.9 Å². The Morgan fingerprint density at radius 2 is 1.92 bits per heavy atom. The molecule has 0 radical (unpaired) electrons. The molecular formula is C20H19FN2O2. The van der Waals surface area contributed by atoms with E-state index in [4.69, 9.17) is 10.8 Å². The van der Waals surface area contributed by atoms with Gasteiger partial charge in [0.1, 0.15) is 5.82 Å². The summed E-state index contributed by atoms with van der Waals surface area (Å²) < 4.78 is 12.8. The maximum Gasteiger partial charge on any atom is 0.337 e. The lowest BCUT2D eigenvalue weighted by Crippen LogP contribution is -2.12. The lowest BCUT2D eigenvalue weighted by molar-refractivity contribution is 0.0698. The van der Waals surface area contributed by atoms with E-state index in [1.54, 1.807) is 18.3 Å². The van der Waals surface area contributed by atoms with Crippen LogP contribution in [0.2, 0.25) is 0 Å². The summed E-state index contributed by atoms with van der Waals surface area (Å²) in [4.78, 5) is 14.6. The third-order valence-corrected chi connectivity index (χ3v) is 4.26. The van der Waals surface area contributed by atoms with E-state index in [-0.39, 0.29) is 17.4 Å². The maximum absolute atomic E-state index is 12.8. The van der Waals surface area contributed by atoms with E-state index in [0.717, 1.165) is 16.3 Å². The fourth-order valence-corrected chi connectivity index (χ4v) is 2.73. The Balaban J connectivity index is 0.000000146. The topological polar surface area (TPSA) is 76.2 Å². The van der Waals surface area contributed by atoms with Gasteiger partial charge in [-0.1, -0.05) is 36.4 Å². The van der Waals surface area contributed by atoms with E-state index in [2.05, 4.69) is 4.98 Å². The number of rotatable bonds is 3. The van der Waals surface area contributed by atoms with Crippen LogP contribution in [-0.2, 0) is 0 Å². The molecule has 1 aliphatic rings. The van der Waals surface area contributed by atoms with Crippen LogP contribution in [0.4, 0.5) is 4.39 Å². The molecule has 2 aromatic carbocycles. The zero-order valence-electron chi connectivity index (χ0n) is 13.6. The molecule has 4 rings (SSSR count). The van der Waals surface area contributed by atoms with Crippen LogP contribution in [-0.4, -0.2) is 16.1 Å². The Hall–Kier alpha value is -2.79. The molecule has 1 heterocycles. The molecule has 25 heavy (non-hydrogen) atoms. The predicted molar refractivity (Wildman–Crippen MR) is 94.8 cm³/mol. The van der Waals surface area contributed by atoms with E-state index in [0.29, 0.717) is 5.92 Å². The van der Waals surface area contributed by atoms with Gasteiger partial charge in [-0.3, -0.25) is 4.98 Å². The van der Waals surface area contributed by atoms with Crippen molar-refractivity contribution in [2.45, 2.75) is 18.9 Å². The van der Waals surface area contributed by atoms with E-state index in [1.807, 2.05) is 24.3 Å². The smallest absolute Gasteiger partial charge is 0.337 e. The predicted octanol–water partition coefficient (Wildman–Crippen LogP) is 4.17. The Morgan fingerprint density at radius 3 is 2.60 bits per heavy atom. The van der Waals surface area contributed by atoms with Gasteiger partial charge in [-0.25, -0.2) is 9.18 Å². The summed E-state index contributed by atoms with van der Waals surface area (Å²) in [6.45, 7) is 0. The maximum atomic E-state index is 12.8. The normalized spacial score (nSPS) is 14.5. The van der Waals surface area contributed by atoms with Gasteiger partial charge in [0.05, 0.1) is 5.56 Å². The van der Waals surface area contributed by atoms with E-state index in [1.165, 1.54) is 31.2 Å². The number of aromatic nitrogens is 1. The van der Waals surface area contributed by atoms with Crippen LogP contribution in [0.25, 0.3) is 10.8 Å². The molecule has 0 unspecified atom stereocenters. The summed E-state index contributed by atoms with van der Waals surface area (Å²) in [7, 11) is 0. The second-order valence-electron chi connectivity index (χ2n) is 6.13. The summed E-state index contributed by atoms with van der Waals surface area (Å²) in [5.74, 6) is -0.542. The molecule has 0 aliphatic heterocycles. The first kappa shape index (κ1) is 17.0. The van der Waals surface area contributed by atoms with Gasteiger partial charge in [0.25, 0.3) is 0 Å². The van der Waals surface area contributed by atoms with Gasteiger partial charge in [-0.05, 0) is 41.8 Å². The quantitative estimate of drug-likeness (QED) is 0.751. The average molecular weight is 338 g/mol. The number of aromatic carboxylic acids is 1. The highest BCUT2D eigenvalue weighted by atomic mass is 19.1. The Labute approximate surface area is 145 Å². The highest BCUT2D eigenvalue weighted by Gasteiger charge is 2.29. The SMILES string of the molecule is N[C@H](c1cccc(F)c1)C1CC1.O=C(O)c1cncc2ccccc12. The number of carbonyl (C=O) groups is 1. The highest BCUT2D eigenvalue weighted by molar-refractivity contribution is 6.02. The Bertz CT molecular complexity index is 888. The third kappa shape index (κ3) is 4.19. The minimum Gasteiger partial charge on any atom is -0.478 e. The van der Waals surface area contributed by atoms with Crippen molar-refractivity contribution >= 4 is 16.7 Å². The fourth-order valence-electron chi connectivity index (χ4n) is 2.73. The van der Waals surface area contributed by atoms with Gasteiger partial charge < -0.3 is 10.8 Å². The molecule has 1 fully saturated rings. The van der Waals surface area contributed by atoms with Crippen LogP contribution < -0.4 is 5.73 Å². The Morgan fingerprint density at radius 1 is 1.16 bits per heavy atom. The largest absolute Gasteiger partial charge is 0.478 e. The molecule has 1 aromatic heterocycles. The molecule has 1 atom stereocenters. The first-order chi connectivity index (χ1) is 12.1. The second kappa shape index (κ2) is 7.40. The van der Waals surface area contributed by atoms with Crippen molar-refractivity contribution in [2.24, 2.45) is 11.7 Å². The molecule has 4 nitrogen and oxygen atoms in total. The lowest BCUT2D eigenvalue weighted by Gasteiger charge is -2.09. The van der Waals surface area contributed by atoms with Crippen LogP contribution in [0.3, 0.4) is 0 Å². The molecule has 5 heteroatoms. The number of benzene rings is 2. The van der Waals surface area contributed by atoms with Crippen molar-refractivity contribution in [3.8, 4) is 0 Å². The van der Waals surface area contributed by atoms with E-state index in [9.17, 15) is 9.18 Å². The zero-order chi connectivity index (χ0) is 17.8. The standard InChI is InChI=1S/C10H12FN.C10H7NO2/c11-9-3-1-2-8(6-9)10(12)7-4-5-7;12-10(13)9-6-11-5-7-3-1-2-4-8(7)9/h1-3,6-7,10H,4-5,12H2;1-6H,(H,12,13)/t10-;/m0./s1. The Kier molecular flexibility index (Phi) is 5.05. The molecule has 0 spiro atoms. The summed E-state index contributed by atoms with van der Waals surface area (Å²) in [6, 6.07) is 13.9. The number of fused-ring (bicyclic) bond motifs is 1. The van der Waals surface area contributed by atoms with E-state index < -0.39 is 5.97 Å². The van der Waals surface area contributed by atoms with Gasteiger partial charge in [0.15, 0.2) is 0 Å². The summed E-state index contributed by atoms with van der Waals surface area (Å²) in [5, 5.41) is 10.4. The van der Waals surface area contributed by atoms with Crippen LogP contribution >= 0.6 is 0 Å². The first-order valence-corrected chi connectivity index (χ1v) is 8.13. The van der Waals surface area contributed by atoms with Gasteiger partial charge in [-0.15, -0.1) is 0 Å². The molecule has 128 valence electrons. The summed E-state index contributed by atoms with van der Waals surface area (Å²) in [6.07, 6.45) is 5.40. The van der Waals surface area contributed by atoms with E-state index >= 15 is 0 Å². The number of carboxylic acid groups (broad SMARTS) is 1. The molecule has 1 saturated carbocycles. The van der Waals surface area contributed by atoms with Crippen molar-refractivity contribution in [2.75, 3.05) is 0 Å². The molecule has 0 saturated heterocycles. The zero-order valence-corrected chi connectivity index (χ0v) is 13.6. The third-order valence-electron chi connectivity index (χ3n) is 4.26. The monoisotopic (exact) mass is 338 g/mol. The van der Waals surface area contributed by atoms with Crippen molar-refractivity contribution in [1.82, 2.24) is 4.98 Å². The molecule has 0 bridgehead atoms. The number of carboxylic acids is 1. The number of hydrogen-bond acceptors (Lipinski definition) is 3. The number of nitrogens with zero attached hydrogens (tertiary/aromatic N) is 1.